The number of hydrogen-bond donors (Lipinski definition) is 4. The normalized spacial score (nSPS) is 14.0. The Labute approximate surface area is 724 Å². The second-order valence-electron chi connectivity index (χ2n) is 33.7. The molecule has 4 aliphatic carbocycles. The first-order valence-corrected chi connectivity index (χ1v) is 42.7. The van der Waals surface area contributed by atoms with E-state index in [-0.39, 0.29) is 23.0 Å². The predicted octanol–water partition coefficient (Wildman–Crippen LogP) is 30.4. The molecule has 0 radical (unpaired) electrons. The molecule has 0 aliphatic heterocycles. The van der Waals surface area contributed by atoms with Crippen LogP contribution in [-0.2, 0) is 5.41 Å². The molecule has 0 spiro atoms. The van der Waals surface area contributed by atoms with Crippen molar-refractivity contribution >= 4 is 89.7 Å². The lowest BCUT2D eigenvalue weighted by Crippen LogP contribution is -2.31. The molecule has 0 heterocycles. The summed E-state index contributed by atoms with van der Waals surface area (Å²) in [5.41, 5.74) is 37.6. The average molecular weight is 1590 g/mol. The largest absolute Gasteiger partial charge is 0.508 e. The first-order chi connectivity index (χ1) is 61.5. The molecular weight excluding hydrogens is 1520 g/mol. The van der Waals surface area contributed by atoms with E-state index in [1.165, 1.54) is 43.1 Å². The predicted molar refractivity (Wildman–Crippen MR) is 519 cm³/mol. The molecule has 0 amide bonds. The van der Waals surface area contributed by atoms with E-state index < -0.39 is 5.41 Å². The molecule has 0 aromatic heterocycles. The van der Waals surface area contributed by atoms with E-state index >= 15 is 0 Å². The number of phenols is 4. The van der Waals surface area contributed by atoms with Gasteiger partial charge in [-0.05, 0) is 365 Å². The number of hydrogen-bond acceptors (Lipinski definition) is 4. The fourth-order valence-electron chi connectivity index (χ4n) is 20.4. The van der Waals surface area contributed by atoms with Crippen molar-refractivity contribution in [2.75, 3.05) is 0 Å². The molecule has 125 heavy (non-hydrogen) atoms. The summed E-state index contributed by atoms with van der Waals surface area (Å²) in [5, 5.41) is 53.9. The summed E-state index contributed by atoms with van der Waals surface area (Å²) < 4.78 is 0. The minimum atomic E-state index is -0.961. The van der Waals surface area contributed by atoms with Gasteiger partial charge in [-0.1, -0.05) is 315 Å². The SMILES string of the molecule is Oc1ccc2c(c1)/C(=C\c1ccc3ccccc3c1)c1cc(-c3ccc(C(c4ccc(-c5ccc6c(c5)/C(=C/c5ccc7ccccc7c5)c5cc(O)ccc5-6)cc4)(c4ccc(-c5ccc6c(c5)/C(=C/c5ccc7ccccc7c5)c5cc(O)ccc5-6)cc4)c4ccc(-c5ccc6c(c5)/C(=C/c5ccc7ccccc7c5)c5cc(O)ccc5-6)cc4)cc3)ccc1-2. The Hall–Kier alpha value is -16.4. The summed E-state index contributed by atoms with van der Waals surface area (Å²) >= 11 is 0. The molecule has 4 nitrogen and oxygen atoms in total. The van der Waals surface area contributed by atoms with Crippen LogP contribution in [0.1, 0.15) is 89.0 Å². The van der Waals surface area contributed by atoms with Crippen molar-refractivity contribution in [3.8, 4) is 112 Å². The third-order valence-corrected chi connectivity index (χ3v) is 26.5. The van der Waals surface area contributed by atoms with Crippen LogP contribution in [0, 0.1) is 0 Å². The summed E-state index contributed by atoms with van der Waals surface area (Å²) in [6.07, 6.45) is 9.08. The lowest BCUT2D eigenvalue weighted by molar-refractivity contribution is 0.474. The fourth-order valence-corrected chi connectivity index (χ4v) is 20.4. The number of fused-ring (bicyclic) bond motifs is 16. The maximum absolute atomic E-state index is 11.1. The first kappa shape index (κ1) is 72.6. The minimum absolute atomic E-state index is 0.226. The van der Waals surface area contributed by atoms with Crippen LogP contribution in [0.25, 0.3) is 179 Å². The number of benzene rings is 20. The quantitative estimate of drug-likeness (QED) is 0.0919. The van der Waals surface area contributed by atoms with E-state index in [4.69, 9.17) is 0 Å². The minimum Gasteiger partial charge on any atom is -0.508 e. The molecule has 4 aliphatic rings. The Balaban J connectivity index is 0.676. The van der Waals surface area contributed by atoms with Gasteiger partial charge in [0.2, 0.25) is 0 Å². The third-order valence-electron chi connectivity index (χ3n) is 26.5. The van der Waals surface area contributed by atoms with Gasteiger partial charge in [-0.25, -0.2) is 0 Å². The highest BCUT2D eigenvalue weighted by molar-refractivity contribution is 6.13. The van der Waals surface area contributed by atoms with Gasteiger partial charge in [-0.15, -0.1) is 0 Å². The van der Waals surface area contributed by atoms with Gasteiger partial charge in [0.05, 0.1) is 5.41 Å². The van der Waals surface area contributed by atoms with Crippen LogP contribution in [0.15, 0.2) is 413 Å². The monoisotopic (exact) mass is 1590 g/mol. The standard InChI is InChI=1S/C121H76O4/c122-97-45-53-105-101-49-33-89(65-113(101)109(117(105)69-97)61-73-17-21-77-9-1-5-13-85(77)57-73)81-25-37-93(38-26-81)121(94-39-27-82(28-40-94)90-34-50-102-106-54-46-98(123)70-118(106)110(114(102)66-90)62-74-18-22-78-10-2-6-14-86(78)58-74,95-41-29-83(30-42-95)91-35-51-103-107-55-47-99(124)71-119(107)111(115(103)67-91)63-75-19-23-79-11-3-7-15-87(79)59-75)96-43-31-84(32-44-96)92-36-52-104-108-56-48-100(125)72-120(108)112(116(104)68-92)64-76-20-24-80-12-4-8-16-88(80)60-76/h1-72,122-125H/b109-61-,110-62-,111-63-,112-64-. The van der Waals surface area contributed by atoms with Crippen molar-refractivity contribution in [3.63, 3.8) is 0 Å². The van der Waals surface area contributed by atoms with Gasteiger partial charge in [-0.2, -0.15) is 0 Å². The third kappa shape index (κ3) is 12.4. The Morgan fingerprint density at radius 2 is 0.328 bits per heavy atom. The average Bonchev–Trinajstić information content (AvgIpc) is 1.57. The first-order valence-electron chi connectivity index (χ1n) is 42.7. The Bertz CT molecular complexity index is 7130. The Kier molecular flexibility index (Phi) is 16.8. The van der Waals surface area contributed by atoms with Gasteiger partial charge in [-0.3, -0.25) is 0 Å². The zero-order valence-corrected chi connectivity index (χ0v) is 67.9. The molecule has 20 aromatic rings. The van der Waals surface area contributed by atoms with E-state index in [0.717, 1.165) is 200 Å². The number of rotatable bonds is 12. The van der Waals surface area contributed by atoms with Gasteiger partial charge < -0.3 is 20.4 Å². The summed E-state index contributed by atoms with van der Waals surface area (Å²) in [4.78, 5) is 0. The number of phenolic OH excluding ortho intramolecular Hbond substituents is 4. The van der Waals surface area contributed by atoms with Crippen LogP contribution in [0.5, 0.6) is 23.0 Å². The zero-order valence-electron chi connectivity index (χ0n) is 67.9. The summed E-state index contributed by atoms with van der Waals surface area (Å²) in [6.45, 7) is 0. The van der Waals surface area contributed by atoms with E-state index in [9.17, 15) is 20.4 Å². The van der Waals surface area contributed by atoms with Crippen LogP contribution in [0.4, 0.5) is 0 Å². The summed E-state index contributed by atoms with van der Waals surface area (Å²) in [6, 6.07) is 148. The van der Waals surface area contributed by atoms with Crippen LogP contribution < -0.4 is 0 Å². The van der Waals surface area contributed by atoms with Gasteiger partial charge in [0.15, 0.2) is 0 Å². The molecule has 0 unspecified atom stereocenters. The highest BCUT2D eigenvalue weighted by Crippen LogP contribution is 2.55. The van der Waals surface area contributed by atoms with E-state index in [1.54, 1.807) is 24.3 Å². The number of aromatic hydroxyl groups is 4. The molecule has 0 bridgehead atoms. The molecule has 0 fully saturated rings. The highest BCUT2D eigenvalue weighted by atomic mass is 16.3. The molecule has 0 saturated heterocycles. The van der Waals surface area contributed by atoms with Gasteiger partial charge in [0.1, 0.15) is 23.0 Å². The maximum Gasteiger partial charge on any atom is 0.116 e. The maximum atomic E-state index is 11.1. The van der Waals surface area contributed by atoms with E-state index in [0.29, 0.717) is 0 Å². The second kappa shape index (κ2) is 28.9. The van der Waals surface area contributed by atoms with Gasteiger partial charge >= 0.3 is 0 Å². The van der Waals surface area contributed by atoms with Crippen LogP contribution >= 0.6 is 0 Å². The van der Waals surface area contributed by atoms with Crippen molar-refractivity contribution in [3.05, 3.63) is 502 Å². The van der Waals surface area contributed by atoms with Crippen molar-refractivity contribution < 1.29 is 20.4 Å². The van der Waals surface area contributed by atoms with Gasteiger partial charge in [0, 0.05) is 0 Å². The molecular formula is C121H76O4. The molecule has 4 N–H and O–H groups in total. The molecule has 4 heteroatoms. The van der Waals surface area contributed by atoms with Crippen LogP contribution in [0.2, 0.25) is 0 Å². The van der Waals surface area contributed by atoms with E-state index in [1.807, 2.05) is 48.5 Å². The summed E-state index contributed by atoms with van der Waals surface area (Å²) in [5.74, 6) is 0.905. The van der Waals surface area contributed by atoms with Crippen molar-refractivity contribution in [2.45, 2.75) is 5.41 Å². The van der Waals surface area contributed by atoms with Crippen LogP contribution in [-0.4, -0.2) is 20.4 Å². The van der Waals surface area contributed by atoms with Crippen molar-refractivity contribution in [1.82, 2.24) is 0 Å². The molecule has 20 aromatic carbocycles. The molecule has 584 valence electrons. The molecule has 24 rings (SSSR count). The summed E-state index contributed by atoms with van der Waals surface area (Å²) in [7, 11) is 0. The highest BCUT2D eigenvalue weighted by Gasteiger charge is 2.40. The van der Waals surface area contributed by atoms with E-state index in [2.05, 4.69) is 364 Å². The van der Waals surface area contributed by atoms with Crippen molar-refractivity contribution in [1.29, 1.82) is 0 Å². The lowest BCUT2D eigenvalue weighted by atomic mass is 9.64. The zero-order chi connectivity index (χ0) is 83.1. The Morgan fingerprint density at radius 3 is 0.544 bits per heavy atom. The molecule has 0 saturated carbocycles. The topological polar surface area (TPSA) is 80.9 Å². The second-order valence-corrected chi connectivity index (χ2v) is 33.7. The lowest BCUT2D eigenvalue weighted by Gasteiger charge is -2.37. The van der Waals surface area contributed by atoms with Crippen LogP contribution in [0.3, 0.4) is 0 Å². The Morgan fingerprint density at radius 1 is 0.144 bits per heavy atom. The van der Waals surface area contributed by atoms with Crippen molar-refractivity contribution in [2.24, 2.45) is 0 Å². The fraction of sp³-hybridized carbons (Fsp3) is 0.00826. The van der Waals surface area contributed by atoms with Gasteiger partial charge in [0.25, 0.3) is 0 Å². The molecule has 0 atom stereocenters. The smallest absolute Gasteiger partial charge is 0.116 e.